The minimum atomic E-state index is -1.29. The monoisotopic (exact) mass is 476 g/mol. The van der Waals surface area contributed by atoms with Crippen molar-refractivity contribution in [1.82, 2.24) is 0 Å². The molecule has 5 unspecified atom stereocenters. The van der Waals surface area contributed by atoms with Crippen molar-refractivity contribution in [3.63, 3.8) is 0 Å². The molecule has 34 heavy (non-hydrogen) atoms. The Kier molecular flexibility index (Phi) is 6.30. The fourth-order valence-electron chi connectivity index (χ4n) is 10.3. The summed E-state index contributed by atoms with van der Waals surface area (Å²) in [5, 5.41) is 46.4. The van der Waals surface area contributed by atoms with Crippen molar-refractivity contribution >= 4 is 0 Å². The van der Waals surface area contributed by atoms with Crippen molar-refractivity contribution in [1.29, 1.82) is 0 Å². The molecular weight excluding hydrogens is 424 g/mol. The fraction of sp³-hybridized carbons (Fsp3) is 0.933. The van der Waals surface area contributed by atoms with Crippen LogP contribution < -0.4 is 0 Å². The van der Waals surface area contributed by atoms with E-state index in [1.54, 1.807) is 6.92 Å². The smallest absolute Gasteiger partial charge is 0.0988 e. The minimum Gasteiger partial charge on any atom is -0.393 e. The van der Waals surface area contributed by atoms with Crippen LogP contribution in [0.4, 0.5) is 0 Å². The number of rotatable bonds is 4. The van der Waals surface area contributed by atoms with E-state index >= 15 is 0 Å². The molecule has 0 aromatic heterocycles. The summed E-state index contributed by atoms with van der Waals surface area (Å²) in [7, 11) is 0. The first-order chi connectivity index (χ1) is 15.5. The van der Waals surface area contributed by atoms with Crippen molar-refractivity contribution in [2.45, 2.75) is 137 Å². The van der Waals surface area contributed by atoms with Gasteiger partial charge in [0.15, 0.2) is 0 Å². The predicted molar refractivity (Wildman–Crippen MR) is 137 cm³/mol. The summed E-state index contributed by atoms with van der Waals surface area (Å²) in [5.74, 6) is 0.451. The Morgan fingerprint density at radius 2 is 1.56 bits per heavy atom. The molecule has 4 nitrogen and oxygen atoms in total. The average Bonchev–Trinajstić information content (AvgIpc) is 3.02. The standard InChI is InChI=1S/C30H52O4/c1-19(2)10-9-13-29(8,33)30(34)17-16-28(7)24(30)20(31)18-22-26(5)14-12-23(32)25(3,4)21(26)11-15-27(22,28)6/h10,20-24,31-34H,9,11-18H2,1-8H3/t20-,21?,22?,23?,24+,26+,27-,28?,29?,30-/m1/s1. The molecule has 4 aliphatic rings. The molecule has 0 bridgehead atoms. The third-order valence-electron chi connectivity index (χ3n) is 12.5. The summed E-state index contributed by atoms with van der Waals surface area (Å²) >= 11 is 0. The van der Waals surface area contributed by atoms with E-state index in [1.807, 2.05) is 0 Å². The summed E-state index contributed by atoms with van der Waals surface area (Å²) in [4.78, 5) is 0. The molecule has 0 radical (unpaired) electrons. The average molecular weight is 477 g/mol. The van der Waals surface area contributed by atoms with Crippen LogP contribution in [-0.4, -0.2) is 43.8 Å². The van der Waals surface area contributed by atoms with Gasteiger partial charge in [0.2, 0.25) is 0 Å². The topological polar surface area (TPSA) is 80.9 Å². The summed E-state index contributed by atoms with van der Waals surface area (Å²) in [6, 6.07) is 0. The molecule has 0 heterocycles. The summed E-state index contributed by atoms with van der Waals surface area (Å²) < 4.78 is 0. The SMILES string of the molecule is CC(C)=CCCC(C)(O)[C@@]1(O)CCC2(C)[C@@H]1[C@H](O)CC1[C@@]3(C)CCC(O)C(C)(C)C3CC[C@]12C. The van der Waals surface area contributed by atoms with Crippen LogP contribution >= 0.6 is 0 Å². The zero-order valence-electron chi connectivity index (χ0n) is 23.1. The van der Waals surface area contributed by atoms with Crippen molar-refractivity contribution < 1.29 is 20.4 Å². The lowest BCUT2D eigenvalue weighted by atomic mass is 9.35. The van der Waals surface area contributed by atoms with Gasteiger partial charge < -0.3 is 20.4 Å². The van der Waals surface area contributed by atoms with Gasteiger partial charge in [-0.1, -0.05) is 46.3 Å². The number of hydrogen-bond acceptors (Lipinski definition) is 4. The van der Waals surface area contributed by atoms with Gasteiger partial charge in [-0.15, -0.1) is 0 Å². The molecular formula is C30H52O4. The maximum atomic E-state index is 12.2. The summed E-state index contributed by atoms with van der Waals surface area (Å²) in [6.45, 7) is 17.6. The van der Waals surface area contributed by atoms with Gasteiger partial charge in [-0.25, -0.2) is 0 Å². The molecule has 4 aliphatic carbocycles. The van der Waals surface area contributed by atoms with Gasteiger partial charge in [0.05, 0.1) is 23.4 Å². The second-order valence-corrected chi connectivity index (χ2v) is 14.7. The lowest BCUT2D eigenvalue weighted by Gasteiger charge is -2.70. The van der Waals surface area contributed by atoms with Crippen molar-refractivity contribution in [3.8, 4) is 0 Å². The second kappa shape index (κ2) is 8.04. The minimum absolute atomic E-state index is 0.0129. The van der Waals surface area contributed by atoms with Crippen LogP contribution in [0, 0.1) is 39.4 Å². The van der Waals surface area contributed by atoms with E-state index in [0.717, 1.165) is 38.5 Å². The van der Waals surface area contributed by atoms with Gasteiger partial charge in [0, 0.05) is 5.92 Å². The van der Waals surface area contributed by atoms with Gasteiger partial charge in [-0.05, 0) is 112 Å². The van der Waals surface area contributed by atoms with E-state index in [0.29, 0.717) is 31.1 Å². The van der Waals surface area contributed by atoms with Crippen molar-refractivity contribution in [2.24, 2.45) is 39.4 Å². The molecule has 0 aromatic rings. The lowest BCUT2D eigenvalue weighted by Crippen LogP contribution is -2.69. The van der Waals surface area contributed by atoms with Crippen LogP contribution in [0.2, 0.25) is 0 Å². The molecule has 0 saturated heterocycles. The predicted octanol–water partition coefficient (Wildman–Crippen LogP) is 5.62. The van der Waals surface area contributed by atoms with Crippen molar-refractivity contribution in [3.05, 3.63) is 11.6 Å². The molecule has 4 rings (SSSR count). The van der Waals surface area contributed by atoms with E-state index in [4.69, 9.17) is 0 Å². The number of hydrogen-bond donors (Lipinski definition) is 4. The highest BCUT2D eigenvalue weighted by Crippen LogP contribution is 2.76. The van der Waals surface area contributed by atoms with Crippen LogP contribution in [0.1, 0.15) is 113 Å². The van der Waals surface area contributed by atoms with Crippen LogP contribution in [0.25, 0.3) is 0 Å². The Bertz CT molecular complexity index is 828. The fourth-order valence-corrected chi connectivity index (χ4v) is 10.3. The molecule has 0 amide bonds. The summed E-state index contributed by atoms with van der Waals surface area (Å²) in [6.07, 6.45) is 8.50. The number of aliphatic hydroxyl groups is 4. The van der Waals surface area contributed by atoms with E-state index in [9.17, 15) is 20.4 Å². The third kappa shape index (κ3) is 3.37. The zero-order chi connectivity index (χ0) is 25.5. The van der Waals surface area contributed by atoms with E-state index in [2.05, 4.69) is 54.5 Å². The quantitative estimate of drug-likeness (QED) is 0.397. The first kappa shape index (κ1) is 26.6. The van der Waals surface area contributed by atoms with Gasteiger partial charge >= 0.3 is 0 Å². The molecule has 4 N–H and O–H groups in total. The Hall–Kier alpha value is -0.420. The third-order valence-corrected chi connectivity index (χ3v) is 12.5. The Labute approximate surface area is 208 Å². The number of fused-ring (bicyclic) bond motifs is 5. The van der Waals surface area contributed by atoms with Gasteiger partial charge in [-0.2, -0.15) is 0 Å². The molecule has 4 heteroatoms. The van der Waals surface area contributed by atoms with E-state index in [1.165, 1.54) is 5.57 Å². The molecule has 0 spiro atoms. The Morgan fingerprint density at radius 3 is 2.18 bits per heavy atom. The maximum absolute atomic E-state index is 12.2. The summed E-state index contributed by atoms with van der Waals surface area (Å²) in [5.41, 5.74) is -1.62. The molecule has 4 saturated carbocycles. The lowest BCUT2D eigenvalue weighted by molar-refractivity contribution is -0.271. The molecule has 0 aromatic carbocycles. The Morgan fingerprint density at radius 1 is 0.912 bits per heavy atom. The maximum Gasteiger partial charge on any atom is 0.0988 e. The highest BCUT2D eigenvalue weighted by atomic mass is 16.4. The van der Waals surface area contributed by atoms with Crippen LogP contribution in [0.3, 0.4) is 0 Å². The number of allylic oxidation sites excluding steroid dienone is 2. The highest BCUT2D eigenvalue weighted by Gasteiger charge is 2.74. The van der Waals surface area contributed by atoms with E-state index < -0.39 is 17.3 Å². The normalized spacial score (nSPS) is 51.6. The Balaban J connectivity index is 1.71. The van der Waals surface area contributed by atoms with Crippen molar-refractivity contribution in [2.75, 3.05) is 0 Å². The second-order valence-electron chi connectivity index (χ2n) is 14.7. The molecule has 4 fully saturated rings. The highest BCUT2D eigenvalue weighted by molar-refractivity contribution is 5.24. The van der Waals surface area contributed by atoms with Gasteiger partial charge in [-0.3, -0.25) is 0 Å². The van der Waals surface area contributed by atoms with E-state index in [-0.39, 0.29) is 33.7 Å². The van der Waals surface area contributed by atoms with Gasteiger partial charge in [0.25, 0.3) is 0 Å². The van der Waals surface area contributed by atoms with Crippen LogP contribution in [0.15, 0.2) is 11.6 Å². The largest absolute Gasteiger partial charge is 0.393 e. The van der Waals surface area contributed by atoms with Crippen LogP contribution in [0.5, 0.6) is 0 Å². The van der Waals surface area contributed by atoms with Crippen LogP contribution in [-0.2, 0) is 0 Å². The van der Waals surface area contributed by atoms with Gasteiger partial charge in [0.1, 0.15) is 0 Å². The number of aliphatic hydroxyl groups excluding tert-OH is 2. The molecule has 10 atom stereocenters. The molecule has 0 aliphatic heterocycles. The first-order valence-corrected chi connectivity index (χ1v) is 13.9. The first-order valence-electron chi connectivity index (χ1n) is 13.9. The zero-order valence-corrected chi connectivity index (χ0v) is 23.1. The molecule has 196 valence electrons.